The summed E-state index contributed by atoms with van der Waals surface area (Å²) in [6, 6.07) is 11.7. The summed E-state index contributed by atoms with van der Waals surface area (Å²) in [4.78, 5) is 36.6. The number of hydrogen-bond acceptors (Lipinski definition) is 5. The van der Waals surface area contributed by atoms with E-state index in [0.29, 0.717) is 27.8 Å². The third-order valence-corrected chi connectivity index (χ3v) is 4.76. The number of aromatic amines is 1. The molecule has 0 aliphatic rings. The van der Waals surface area contributed by atoms with Gasteiger partial charge in [-0.1, -0.05) is 29.8 Å². The summed E-state index contributed by atoms with van der Waals surface area (Å²) < 4.78 is 11.8. The largest absolute Gasteiger partial charge is 0.493 e. The van der Waals surface area contributed by atoms with Gasteiger partial charge in [0, 0.05) is 16.7 Å². The lowest BCUT2D eigenvalue weighted by molar-refractivity contribution is -0.137. The number of benzene rings is 2. The normalized spacial score (nSPS) is 11.6. The van der Waals surface area contributed by atoms with E-state index in [2.05, 4.69) is 10.4 Å². The standard InChI is InChI=1S/C21H20ClN3O6/c1-30-17-8-4-7-14(20(17)31-2)15(11-19(27)28)23-21(29)16-10-18(26)25(24-16)13-6-3-5-12(22)9-13/h3-10,15,24H,11H2,1-2H3,(H,23,29)(H,27,28)/t15-/m0/s1. The van der Waals surface area contributed by atoms with E-state index in [9.17, 15) is 19.5 Å². The van der Waals surface area contributed by atoms with Crippen LogP contribution < -0.4 is 20.3 Å². The van der Waals surface area contributed by atoms with Crippen molar-refractivity contribution in [1.29, 1.82) is 0 Å². The van der Waals surface area contributed by atoms with Gasteiger partial charge in [0.05, 0.1) is 32.4 Å². The number of carboxylic acid groups (broad SMARTS) is 1. The molecule has 0 spiro atoms. The number of nitrogens with one attached hydrogen (secondary N) is 2. The van der Waals surface area contributed by atoms with Crippen molar-refractivity contribution in [3.8, 4) is 17.2 Å². The summed E-state index contributed by atoms with van der Waals surface area (Å²) >= 11 is 5.97. The SMILES string of the molecule is COc1cccc([C@H](CC(=O)O)NC(=O)c2cc(=O)n(-c3cccc(Cl)c3)[nH]2)c1OC. The van der Waals surface area contributed by atoms with Gasteiger partial charge in [0.15, 0.2) is 11.5 Å². The van der Waals surface area contributed by atoms with E-state index >= 15 is 0 Å². The summed E-state index contributed by atoms with van der Waals surface area (Å²) in [6.45, 7) is 0. The van der Waals surface area contributed by atoms with Crippen molar-refractivity contribution < 1.29 is 24.2 Å². The number of carboxylic acids is 1. The van der Waals surface area contributed by atoms with Crippen LogP contribution >= 0.6 is 11.6 Å². The van der Waals surface area contributed by atoms with E-state index in [1.54, 1.807) is 42.5 Å². The van der Waals surface area contributed by atoms with Crippen molar-refractivity contribution in [3.63, 3.8) is 0 Å². The van der Waals surface area contributed by atoms with Gasteiger partial charge >= 0.3 is 5.97 Å². The van der Waals surface area contributed by atoms with E-state index in [0.717, 1.165) is 6.07 Å². The average Bonchev–Trinajstić information content (AvgIpc) is 3.14. The Balaban J connectivity index is 1.93. The Bertz CT molecular complexity index is 1170. The molecule has 0 radical (unpaired) electrons. The molecule has 9 nitrogen and oxygen atoms in total. The fourth-order valence-electron chi connectivity index (χ4n) is 3.15. The van der Waals surface area contributed by atoms with Crippen molar-refractivity contribution in [2.24, 2.45) is 0 Å². The van der Waals surface area contributed by atoms with Gasteiger partial charge in [-0.3, -0.25) is 19.5 Å². The summed E-state index contributed by atoms with van der Waals surface area (Å²) in [5.41, 5.74) is 0.366. The summed E-state index contributed by atoms with van der Waals surface area (Å²) in [7, 11) is 2.87. The number of aliphatic carboxylic acids is 1. The van der Waals surface area contributed by atoms with Crippen molar-refractivity contribution >= 4 is 23.5 Å². The molecule has 162 valence electrons. The van der Waals surface area contributed by atoms with Gasteiger partial charge in [-0.05, 0) is 24.3 Å². The Kier molecular flexibility index (Phi) is 6.66. The Hall–Kier alpha value is -3.72. The second-order valence-electron chi connectivity index (χ2n) is 6.53. The van der Waals surface area contributed by atoms with Gasteiger partial charge in [0.1, 0.15) is 5.69 Å². The number of rotatable bonds is 8. The highest BCUT2D eigenvalue weighted by atomic mass is 35.5. The van der Waals surface area contributed by atoms with E-state index in [1.165, 1.54) is 18.9 Å². The molecule has 0 unspecified atom stereocenters. The van der Waals surface area contributed by atoms with Crippen molar-refractivity contribution in [3.05, 3.63) is 75.2 Å². The molecule has 1 amide bonds. The molecule has 1 aromatic heterocycles. The van der Waals surface area contributed by atoms with E-state index in [1.807, 2.05) is 0 Å². The Labute approximate surface area is 182 Å². The van der Waals surface area contributed by atoms with Crippen LogP contribution in [0.15, 0.2) is 53.3 Å². The lowest BCUT2D eigenvalue weighted by Gasteiger charge is -2.21. The highest BCUT2D eigenvalue weighted by molar-refractivity contribution is 6.30. The first kappa shape index (κ1) is 22.0. The van der Waals surface area contributed by atoms with Crippen molar-refractivity contribution in [2.75, 3.05) is 14.2 Å². The van der Waals surface area contributed by atoms with Crippen LogP contribution in [0.5, 0.6) is 11.5 Å². The minimum Gasteiger partial charge on any atom is -0.493 e. The van der Waals surface area contributed by atoms with Crippen LogP contribution in [0.1, 0.15) is 28.5 Å². The first-order valence-electron chi connectivity index (χ1n) is 9.15. The molecule has 10 heteroatoms. The smallest absolute Gasteiger partial charge is 0.305 e. The van der Waals surface area contributed by atoms with Gasteiger partial charge in [-0.2, -0.15) is 0 Å². The third kappa shape index (κ3) is 4.89. The number of methoxy groups -OCH3 is 2. The number of halogens is 1. The zero-order chi connectivity index (χ0) is 22.5. The molecule has 3 N–H and O–H groups in total. The second-order valence-corrected chi connectivity index (χ2v) is 6.97. The number of para-hydroxylation sites is 1. The molecule has 3 rings (SSSR count). The van der Waals surface area contributed by atoms with E-state index < -0.39 is 29.9 Å². The first-order chi connectivity index (χ1) is 14.8. The molecule has 0 fully saturated rings. The molecular weight excluding hydrogens is 426 g/mol. The third-order valence-electron chi connectivity index (χ3n) is 4.52. The zero-order valence-electron chi connectivity index (χ0n) is 16.7. The van der Waals surface area contributed by atoms with E-state index in [4.69, 9.17) is 21.1 Å². The molecule has 0 saturated heterocycles. The molecule has 1 atom stereocenters. The fraction of sp³-hybridized carbons (Fsp3) is 0.190. The number of amides is 1. The molecule has 0 bridgehead atoms. The van der Waals surface area contributed by atoms with Crippen molar-refractivity contribution in [1.82, 2.24) is 15.1 Å². The highest BCUT2D eigenvalue weighted by Gasteiger charge is 2.25. The van der Waals surface area contributed by atoms with Crippen LogP contribution in [0.3, 0.4) is 0 Å². The van der Waals surface area contributed by atoms with Crippen LogP contribution in [0.25, 0.3) is 5.69 Å². The number of hydrogen-bond donors (Lipinski definition) is 3. The quantitative estimate of drug-likeness (QED) is 0.490. The average molecular weight is 446 g/mol. The summed E-state index contributed by atoms with van der Waals surface area (Å²) in [6.07, 6.45) is -0.408. The summed E-state index contributed by atoms with van der Waals surface area (Å²) in [5, 5.41) is 15.1. The van der Waals surface area contributed by atoms with Crippen LogP contribution in [0, 0.1) is 0 Å². The molecule has 0 aliphatic heterocycles. The van der Waals surface area contributed by atoms with Crippen LogP contribution in [-0.4, -0.2) is 41.0 Å². The number of aromatic nitrogens is 2. The Morgan fingerprint density at radius 1 is 1.16 bits per heavy atom. The topological polar surface area (TPSA) is 123 Å². The van der Waals surface area contributed by atoms with Crippen LogP contribution in [-0.2, 0) is 4.79 Å². The molecule has 1 heterocycles. The predicted octanol–water partition coefficient (Wildman–Crippen LogP) is 2.78. The van der Waals surface area contributed by atoms with Gasteiger partial charge < -0.3 is 19.9 Å². The second kappa shape index (κ2) is 9.40. The number of H-pyrrole nitrogens is 1. The number of ether oxygens (including phenoxy) is 2. The van der Waals surface area contributed by atoms with Gasteiger partial charge in [0.25, 0.3) is 11.5 Å². The lowest BCUT2D eigenvalue weighted by atomic mass is 10.0. The van der Waals surface area contributed by atoms with Gasteiger partial charge in [0.2, 0.25) is 0 Å². The molecule has 3 aromatic rings. The highest BCUT2D eigenvalue weighted by Crippen LogP contribution is 2.35. The lowest BCUT2D eigenvalue weighted by Crippen LogP contribution is -2.31. The fourth-order valence-corrected chi connectivity index (χ4v) is 3.34. The number of carbonyl (C=O) groups is 2. The molecule has 31 heavy (non-hydrogen) atoms. The maximum atomic E-state index is 12.8. The maximum absolute atomic E-state index is 12.8. The van der Waals surface area contributed by atoms with Crippen molar-refractivity contribution in [2.45, 2.75) is 12.5 Å². The van der Waals surface area contributed by atoms with Gasteiger partial charge in [-0.15, -0.1) is 0 Å². The van der Waals surface area contributed by atoms with Gasteiger partial charge in [-0.25, -0.2) is 4.68 Å². The van der Waals surface area contributed by atoms with E-state index in [-0.39, 0.29) is 5.69 Å². The first-order valence-corrected chi connectivity index (χ1v) is 9.53. The maximum Gasteiger partial charge on any atom is 0.305 e. The van der Waals surface area contributed by atoms with Crippen LogP contribution in [0.4, 0.5) is 0 Å². The number of nitrogens with zero attached hydrogens (tertiary/aromatic N) is 1. The zero-order valence-corrected chi connectivity index (χ0v) is 17.5. The summed E-state index contributed by atoms with van der Waals surface area (Å²) in [5.74, 6) is -1.08. The molecule has 0 saturated carbocycles. The monoisotopic (exact) mass is 445 g/mol. The minimum absolute atomic E-state index is 0.0396. The predicted molar refractivity (Wildman–Crippen MR) is 113 cm³/mol. The Morgan fingerprint density at radius 3 is 2.55 bits per heavy atom. The Morgan fingerprint density at radius 2 is 1.90 bits per heavy atom. The molecule has 2 aromatic carbocycles. The molecular formula is C21H20ClN3O6. The minimum atomic E-state index is -1.12. The number of carbonyl (C=O) groups excluding carboxylic acids is 1. The molecule has 0 aliphatic carbocycles. The van der Waals surface area contributed by atoms with Crippen LogP contribution in [0.2, 0.25) is 5.02 Å².